The van der Waals surface area contributed by atoms with Crippen LogP contribution in [-0.2, 0) is 0 Å². The van der Waals surface area contributed by atoms with Crippen molar-refractivity contribution in [3.05, 3.63) is 29.3 Å². The quantitative estimate of drug-likeness (QED) is 0.699. The number of nitrogens with zero attached hydrogens (tertiary/aromatic N) is 1. The topological polar surface area (TPSA) is 20.3 Å². The van der Waals surface area contributed by atoms with Gasteiger partial charge in [0.05, 0.1) is 0 Å². The lowest BCUT2D eigenvalue weighted by Gasteiger charge is -2.25. The van der Waals surface area contributed by atoms with Gasteiger partial charge in [-0.2, -0.15) is 0 Å². The van der Waals surface area contributed by atoms with Crippen LogP contribution in [0, 0.1) is 12.8 Å². The molecule has 0 radical (unpaired) electrons. The Morgan fingerprint density at radius 3 is 2.76 bits per heavy atom. The van der Waals surface area contributed by atoms with Crippen molar-refractivity contribution >= 4 is 12.0 Å². The van der Waals surface area contributed by atoms with Gasteiger partial charge in [-0.15, -0.1) is 0 Å². The molecule has 1 fully saturated rings. The summed E-state index contributed by atoms with van der Waals surface area (Å²) in [6.07, 6.45) is 4.81. The third-order valence-corrected chi connectivity index (χ3v) is 3.32. The molecule has 1 aromatic rings. The first kappa shape index (κ1) is 12.2. The van der Waals surface area contributed by atoms with Crippen molar-refractivity contribution in [1.82, 2.24) is 0 Å². The Labute approximate surface area is 104 Å². The van der Waals surface area contributed by atoms with Crippen LogP contribution in [0.25, 0.3) is 0 Å². The van der Waals surface area contributed by atoms with Crippen molar-refractivity contribution in [3.63, 3.8) is 0 Å². The molecule has 1 aliphatic carbocycles. The molecule has 0 aromatic heterocycles. The van der Waals surface area contributed by atoms with E-state index >= 15 is 0 Å². The lowest BCUT2D eigenvalue weighted by atomic mass is 10.1. The van der Waals surface area contributed by atoms with Gasteiger partial charge in [-0.25, -0.2) is 0 Å². The van der Waals surface area contributed by atoms with Crippen molar-refractivity contribution < 1.29 is 4.79 Å². The van der Waals surface area contributed by atoms with E-state index in [1.807, 2.05) is 13.0 Å². The van der Waals surface area contributed by atoms with Gasteiger partial charge in [0.15, 0.2) is 6.29 Å². The van der Waals surface area contributed by atoms with E-state index in [0.717, 1.165) is 48.5 Å². The third kappa shape index (κ3) is 3.09. The van der Waals surface area contributed by atoms with Gasteiger partial charge >= 0.3 is 0 Å². The number of hydrogen-bond acceptors (Lipinski definition) is 2. The molecule has 2 rings (SSSR count). The van der Waals surface area contributed by atoms with Gasteiger partial charge in [0.1, 0.15) is 0 Å². The van der Waals surface area contributed by atoms with Crippen molar-refractivity contribution in [2.24, 2.45) is 5.92 Å². The fraction of sp³-hybridized carbons (Fsp3) is 0.533. The smallest absolute Gasteiger partial charge is 0.152 e. The summed E-state index contributed by atoms with van der Waals surface area (Å²) in [6, 6.07) is 6.17. The highest BCUT2D eigenvalue weighted by Crippen LogP contribution is 2.32. The Morgan fingerprint density at radius 2 is 2.18 bits per heavy atom. The second-order valence-corrected chi connectivity index (χ2v) is 5.07. The number of hydrogen-bond donors (Lipinski definition) is 0. The van der Waals surface area contributed by atoms with Gasteiger partial charge in [0, 0.05) is 24.3 Å². The molecule has 1 saturated carbocycles. The molecule has 92 valence electrons. The fourth-order valence-corrected chi connectivity index (χ4v) is 2.25. The lowest BCUT2D eigenvalue weighted by molar-refractivity contribution is 0.112. The van der Waals surface area contributed by atoms with Gasteiger partial charge in [-0.05, 0) is 44.2 Å². The van der Waals surface area contributed by atoms with E-state index < -0.39 is 0 Å². The standard InChI is InChI=1S/C15H21NO/c1-3-8-16(10-13-5-6-13)15-7-4-12(2)9-14(15)11-17/h4,7,9,11,13H,3,5-6,8,10H2,1-2H3. The Morgan fingerprint density at radius 1 is 1.41 bits per heavy atom. The summed E-state index contributed by atoms with van der Waals surface area (Å²) in [4.78, 5) is 13.5. The predicted octanol–water partition coefficient (Wildman–Crippen LogP) is 3.43. The largest absolute Gasteiger partial charge is 0.371 e. The third-order valence-electron chi connectivity index (χ3n) is 3.32. The Hall–Kier alpha value is -1.31. The number of aldehydes is 1. The summed E-state index contributed by atoms with van der Waals surface area (Å²) in [5, 5.41) is 0. The molecular weight excluding hydrogens is 210 g/mol. The molecule has 2 nitrogen and oxygen atoms in total. The van der Waals surface area contributed by atoms with Crippen LogP contribution < -0.4 is 4.90 Å². The van der Waals surface area contributed by atoms with Crippen LogP contribution >= 0.6 is 0 Å². The van der Waals surface area contributed by atoms with Gasteiger partial charge in [-0.1, -0.05) is 18.6 Å². The SMILES string of the molecule is CCCN(CC1CC1)c1ccc(C)cc1C=O. The first-order valence-corrected chi connectivity index (χ1v) is 6.55. The predicted molar refractivity (Wildman–Crippen MR) is 71.8 cm³/mol. The molecule has 1 aromatic carbocycles. The summed E-state index contributed by atoms with van der Waals surface area (Å²) >= 11 is 0. The van der Waals surface area contributed by atoms with Crippen molar-refractivity contribution in [2.75, 3.05) is 18.0 Å². The summed E-state index contributed by atoms with van der Waals surface area (Å²) in [6.45, 7) is 6.37. The number of carbonyl (C=O) groups is 1. The normalized spacial score (nSPS) is 14.7. The van der Waals surface area contributed by atoms with Crippen LogP contribution in [0.5, 0.6) is 0 Å². The summed E-state index contributed by atoms with van der Waals surface area (Å²) < 4.78 is 0. The van der Waals surface area contributed by atoms with E-state index in [9.17, 15) is 4.79 Å². The molecule has 17 heavy (non-hydrogen) atoms. The minimum atomic E-state index is 0.833. The number of benzene rings is 1. The zero-order valence-corrected chi connectivity index (χ0v) is 10.8. The van der Waals surface area contributed by atoms with E-state index in [1.54, 1.807) is 0 Å². The zero-order valence-electron chi connectivity index (χ0n) is 10.8. The minimum Gasteiger partial charge on any atom is -0.371 e. The molecule has 0 saturated heterocycles. The fourth-order valence-electron chi connectivity index (χ4n) is 2.25. The van der Waals surface area contributed by atoms with Crippen molar-refractivity contribution in [1.29, 1.82) is 0 Å². The zero-order chi connectivity index (χ0) is 12.3. The van der Waals surface area contributed by atoms with E-state index in [0.29, 0.717) is 0 Å². The van der Waals surface area contributed by atoms with Gasteiger partial charge in [0.2, 0.25) is 0 Å². The lowest BCUT2D eigenvalue weighted by Crippen LogP contribution is -2.27. The van der Waals surface area contributed by atoms with Crippen LogP contribution in [0.4, 0.5) is 5.69 Å². The highest BCUT2D eigenvalue weighted by atomic mass is 16.1. The van der Waals surface area contributed by atoms with Crippen molar-refractivity contribution in [2.45, 2.75) is 33.1 Å². The Kier molecular flexibility index (Phi) is 3.82. The first-order valence-electron chi connectivity index (χ1n) is 6.55. The monoisotopic (exact) mass is 231 g/mol. The second-order valence-electron chi connectivity index (χ2n) is 5.07. The highest BCUT2D eigenvalue weighted by Gasteiger charge is 2.25. The molecule has 2 heteroatoms. The highest BCUT2D eigenvalue weighted by molar-refractivity contribution is 5.85. The molecule has 0 heterocycles. The maximum atomic E-state index is 11.2. The molecule has 1 aliphatic rings. The maximum absolute atomic E-state index is 11.2. The first-order chi connectivity index (χ1) is 8.24. The number of anilines is 1. The number of rotatable bonds is 6. The number of carbonyl (C=O) groups excluding carboxylic acids is 1. The average Bonchev–Trinajstić information content (AvgIpc) is 3.12. The van der Waals surface area contributed by atoms with E-state index in [1.165, 1.54) is 12.8 Å². The van der Waals surface area contributed by atoms with Gasteiger partial charge < -0.3 is 4.90 Å². The molecule has 0 atom stereocenters. The van der Waals surface area contributed by atoms with Crippen LogP contribution in [0.2, 0.25) is 0 Å². The average molecular weight is 231 g/mol. The molecule has 0 unspecified atom stereocenters. The Bertz CT molecular complexity index is 396. The maximum Gasteiger partial charge on any atom is 0.152 e. The van der Waals surface area contributed by atoms with Crippen molar-refractivity contribution in [3.8, 4) is 0 Å². The number of aryl methyl sites for hydroxylation is 1. The van der Waals surface area contributed by atoms with Crippen LogP contribution in [0.3, 0.4) is 0 Å². The molecule has 0 spiro atoms. The van der Waals surface area contributed by atoms with E-state index in [4.69, 9.17) is 0 Å². The molecule has 0 N–H and O–H groups in total. The second kappa shape index (κ2) is 5.35. The molecule has 0 aliphatic heterocycles. The van der Waals surface area contributed by atoms with Crippen LogP contribution in [0.1, 0.15) is 42.1 Å². The molecule has 0 amide bonds. The van der Waals surface area contributed by atoms with Crippen LogP contribution in [-0.4, -0.2) is 19.4 Å². The minimum absolute atomic E-state index is 0.833. The summed E-state index contributed by atoms with van der Waals surface area (Å²) in [5.41, 5.74) is 3.09. The molecule has 0 bridgehead atoms. The van der Waals surface area contributed by atoms with Crippen LogP contribution in [0.15, 0.2) is 18.2 Å². The van der Waals surface area contributed by atoms with Gasteiger partial charge in [0.25, 0.3) is 0 Å². The summed E-state index contributed by atoms with van der Waals surface area (Å²) in [5.74, 6) is 0.849. The van der Waals surface area contributed by atoms with E-state index in [2.05, 4.69) is 24.0 Å². The summed E-state index contributed by atoms with van der Waals surface area (Å²) in [7, 11) is 0. The van der Waals surface area contributed by atoms with Gasteiger partial charge in [-0.3, -0.25) is 4.79 Å². The van der Waals surface area contributed by atoms with E-state index in [-0.39, 0.29) is 0 Å². The molecular formula is C15H21NO. The Balaban J connectivity index is 2.23.